The number of likely N-dealkylation sites (N-methyl/N-ethyl adjacent to an activating group) is 2. The van der Waals surface area contributed by atoms with E-state index in [-0.39, 0.29) is 6.09 Å². The summed E-state index contributed by atoms with van der Waals surface area (Å²) in [5.41, 5.74) is 0.693. The van der Waals surface area contributed by atoms with Crippen molar-refractivity contribution in [1.29, 1.82) is 0 Å². The number of carbonyl (C=O) groups is 1. The van der Waals surface area contributed by atoms with Gasteiger partial charge in [-0.2, -0.15) is 0 Å². The summed E-state index contributed by atoms with van der Waals surface area (Å²) in [6, 6.07) is 6.05. The van der Waals surface area contributed by atoms with E-state index >= 15 is 0 Å². The number of halogens is 1. The van der Waals surface area contributed by atoms with Gasteiger partial charge in [0.25, 0.3) is 0 Å². The van der Waals surface area contributed by atoms with Crippen molar-refractivity contribution in [2.24, 2.45) is 0 Å². The van der Waals surface area contributed by atoms with Gasteiger partial charge in [0.2, 0.25) is 0 Å². The SMILES string of the molecule is COc1cc(CN(C)CCN(C)C(=O)OC(C)(C)C)ccc1Br. The van der Waals surface area contributed by atoms with Crippen LogP contribution >= 0.6 is 15.9 Å². The highest BCUT2D eigenvalue weighted by Gasteiger charge is 2.19. The molecule has 6 heteroatoms. The molecule has 1 rings (SSSR count). The number of hydrogen-bond donors (Lipinski definition) is 0. The topological polar surface area (TPSA) is 42.0 Å². The van der Waals surface area contributed by atoms with Gasteiger partial charge < -0.3 is 19.3 Å². The van der Waals surface area contributed by atoms with E-state index in [0.717, 1.165) is 28.9 Å². The number of amides is 1. The average molecular weight is 387 g/mol. The maximum atomic E-state index is 11.9. The molecule has 0 unspecified atom stereocenters. The number of nitrogens with zero attached hydrogens (tertiary/aromatic N) is 2. The van der Waals surface area contributed by atoms with Crippen molar-refractivity contribution < 1.29 is 14.3 Å². The molecule has 0 saturated carbocycles. The number of benzene rings is 1. The standard InChI is InChI=1S/C17H27BrN2O3/c1-17(2,3)23-16(21)20(5)10-9-19(4)12-13-7-8-14(18)15(11-13)22-6/h7-8,11H,9-10,12H2,1-6H3. The molecule has 130 valence electrons. The lowest BCUT2D eigenvalue weighted by Crippen LogP contribution is -2.38. The van der Waals surface area contributed by atoms with Crippen molar-refractivity contribution >= 4 is 22.0 Å². The Balaban J connectivity index is 2.48. The van der Waals surface area contributed by atoms with E-state index in [4.69, 9.17) is 9.47 Å². The van der Waals surface area contributed by atoms with Gasteiger partial charge in [0.15, 0.2) is 0 Å². The summed E-state index contributed by atoms with van der Waals surface area (Å²) in [5.74, 6) is 0.821. The highest BCUT2D eigenvalue weighted by molar-refractivity contribution is 9.10. The first-order chi connectivity index (χ1) is 10.6. The average Bonchev–Trinajstić information content (AvgIpc) is 2.44. The number of ether oxygens (including phenoxy) is 2. The molecule has 0 bridgehead atoms. The zero-order valence-corrected chi connectivity index (χ0v) is 16.4. The molecular formula is C17H27BrN2O3. The van der Waals surface area contributed by atoms with E-state index in [2.05, 4.69) is 26.9 Å². The van der Waals surface area contributed by atoms with Crippen LogP contribution in [-0.2, 0) is 11.3 Å². The van der Waals surface area contributed by atoms with Crippen molar-refractivity contribution in [3.63, 3.8) is 0 Å². The van der Waals surface area contributed by atoms with Crippen LogP contribution in [0.2, 0.25) is 0 Å². The van der Waals surface area contributed by atoms with Crippen molar-refractivity contribution in [2.75, 3.05) is 34.3 Å². The highest BCUT2D eigenvalue weighted by atomic mass is 79.9. The molecule has 1 aromatic carbocycles. The number of methoxy groups -OCH3 is 1. The van der Waals surface area contributed by atoms with Crippen LogP contribution in [0, 0.1) is 0 Å². The van der Waals surface area contributed by atoms with Gasteiger partial charge in [-0.15, -0.1) is 0 Å². The maximum absolute atomic E-state index is 11.9. The largest absolute Gasteiger partial charge is 0.496 e. The summed E-state index contributed by atoms with van der Waals surface area (Å²) >= 11 is 3.45. The molecule has 0 aliphatic heterocycles. The zero-order valence-electron chi connectivity index (χ0n) is 14.9. The second-order valence-corrected chi connectivity index (χ2v) is 7.46. The third kappa shape index (κ3) is 7.22. The van der Waals surface area contributed by atoms with Gasteiger partial charge in [0, 0.05) is 26.7 Å². The van der Waals surface area contributed by atoms with Crippen LogP contribution in [0.25, 0.3) is 0 Å². The highest BCUT2D eigenvalue weighted by Crippen LogP contribution is 2.25. The van der Waals surface area contributed by atoms with Crippen molar-refractivity contribution in [1.82, 2.24) is 9.80 Å². The van der Waals surface area contributed by atoms with Crippen molar-refractivity contribution in [3.8, 4) is 5.75 Å². The third-order valence-electron chi connectivity index (χ3n) is 3.19. The molecule has 0 aliphatic carbocycles. The lowest BCUT2D eigenvalue weighted by Gasteiger charge is -2.26. The van der Waals surface area contributed by atoms with Crippen LogP contribution in [0.4, 0.5) is 4.79 Å². The van der Waals surface area contributed by atoms with E-state index in [1.54, 1.807) is 19.1 Å². The Hall–Kier alpha value is -1.27. The van der Waals surface area contributed by atoms with Gasteiger partial charge in [-0.1, -0.05) is 6.07 Å². The van der Waals surface area contributed by atoms with Gasteiger partial charge in [0.1, 0.15) is 11.4 Å². The first kappa shape index (κ1) is 19.8. The molecule has 0 saturated heterocycles. The first-order valence-corrected chi connectivity index (χ1v) is 8.37. The Morgan fingerprint density at radius 3 is 2.43 bits per heavy atom. The number of hydrogen-bond acceptors (Lipinski definition) is 4. The van der Waals surface area contributed by atoms with Gasteiger partial charge in [-0.3, -0.25) is 0 Å². The van der Waals surface area contributed by atoms with Gasteiger partial charge in [-0.25, -0.2) is 4.79 Å². The molecule has 5 nitrogen and oxygen atoms in total. The third-order valence-corrected chi connectivity index (χ3v) is 3.85. The van der Waals surface area contributed by atoms with Crippen molar-refractivity contribution in [3.05, 3.63) is 28.2 Å². The Labute approximate surface area is 147 Å². The Bertz CT molecular complexity index is 529. The molecule has 0 radical (unpaired) electrons. The fourth-order valence-electron chi connectivity index (χ4n) is 1.95. The number of carbonyl (C=O) groups excluding carboxylic acids is 1. The molecule has 0 fully saturated rings. The second kappa shape index (κ2) is 8.55. The summed E-state index contributed by atoms with van der Waals surface area (Å²) in [6.07, 6.45) is -0.295. The molecule has 1 aromatic rings. The normalized spacial score (nSPS) is 11.5. The van der Waals surface area contributed by atoms with Gasteiger partial charge in [0.05, 0.1) is 11.6 Å². The molecule has 0 spiro atoms. The summed E-state index contributed by atoms with van der Waals surface area (Å²) in [6.45, 7) is 7.75. The Morgan fingerprint density at radius 2 is 1.87 bits per heavy atom. The molecule has 0 heterocycles. The van der Waals surface area contributed by atoms with Crippen LogP contribution in [0.5, 0.6) is 5.75 Å². The Morgan fingerprint density at radius 1 is 1.22 bits per heavy atom. The second-order valence-electron chi connectivity index (χ2n) is 6.61. The fraction of sp³-hybridized carbons (Fsp3) is 0.588. The lowest BCUT2D eigenvalue weighted by atomic mass is 10.2. The predicted molar refractivity (Wildman–Crippen MR) is 95.9 cm³/mol. The lowest BCUT2D eigenvalue weighted by molar-refractivity contribution is 0.0286. The first-order valence-electron chi connectivity index (χ1n) is 7.57. The molecular weight excluding hydrogens is 360 g/mol. The zero-order chi connectivity index (χ0) is 17.6. The minimum atomic E-state index is -0.467. The van der Waals surface area contributed by atoms with Crippen LogP contribution in [-0.4, -0.2) is 55.8 Å². The summed E-state index contributed by atoms with van der Waals surface area (Å²) in [7, 11) is 5.44. The molecule has 1 amide bonds. The van der Waals surface area contributed by atoms with Gasteiger partial charge in [-0.05, 0) is 61.4 Å². The van der Waals surface area contributed by atoms with Crippen molar-refractivity contribution in [2.45, 2.75) is 32.9 Å². The summed E-state index contributed by atoms with van der Waals surface area (Å²) < 4.78 is 11.6. The summed E-state index contributed by atoms with van der Waals surface area (Å²) in [4.78, 5) is 15.7. The predicted octanol–water partition coefficient (Wildman–Crippen LogP) is 3.76. The van der Waals surface area contributed by atoms with Crippen LogP contribution < -0.4 is 4.74 Å². The van der Waals surface area contributed by atoms with Crippen LogP contribution in [0.3, 0.4) is 0 Å². The minimum Gasteiger partial charge on any atom is -0.496 e. The van der Waals surface area contributed by atoms with E-state index in [0.29, 0.717) is 6.54 Å². The molecule has 0 atom stereocenters. The van der Waals surface area contributed by atoms with Crippen LogP contribution in [0.15, 0.2) is 22.7 Å². The fourth-order valence-corrected chi connectivity index (χ4v) is 2.35. The molecule has 23 heavy (non-hydrogen) atoms. The minimum absolute atomic E-state index is 0.295. The maximum Gasteiger partial charge on any atom is 0.410 e. The van der Waals surface area contributed by atoms with Gasteiger partial charge >= 0.3 is 6.09 Å². The molecule has 0 N–H and O–H groups in total. The van der Waals surface area contributed by atoms with E-state index < -0.39 is 5.60 Å². The monoisotopic (exact) mass is 386 g/mol. The van der Waals surface area contributed by atoms with Crippen LogP contribution in [0.1, 0.15) is 26.3 Å². The smallest absolute Gasteiger partial charge is 0.410 e. The van der Waals surface area contributed by atoms with E-state index in [9.17, 15) is 4.79 Å². The molecule has 0 aromatic heterocycles. The van der Waals surface area contributed by atoms with E-state index in [1.807, 2.05) is 40.0 Å². The quantitative estimate of drug-likeness (QED) is 0.746. The summed E-state index contributed by atoms with van der Waals surface area (Å²) in [5, 5.41) is 0. The number of rotatable bonds is 6. The molecule has 0 aliphatic rings. The van der Waals surface area contributed by atoms with E-state index in [1.165, 1.54) is 0 Å². The Kier molecular flexibility index (Phi) is 7.35.